The fourth-order valence-electron chi connectivity index (χ4n) is 3.26. The van der Waals surface area contributed by atoms with E-state index in [1.807, 2.05) is 0 Å². The minimum Gasteiger partial charge on any atom is -0.330 e. The number of fused-ring (bicyclic) bond motifs is 2. The van der Waals surface area contributed by atoms with Crippen LogP contribution >= 0.6 is 0 Å². The van der Waals surface area contributed by atoms with Gasteiger partial charge in [0.2, 0.25) is 0 Å². The van der Waals surface area contributed by atoms with Crippen LogP contribution in [0.25, 0.3) is 0 Å². The summed E-state index contributed by atoms with van der Waals surface area (Å²) >= 11 is 0. The van der Waals surface area contributed by atoms with Gasteiger partial charge in [0.1, 0.15) is 0 Å². The molecule has 2 aliphatic carbocycles. The van der Waals surface area contributed by atoms with E-state index in [1.54, 1.807) is 0 Å². The molecular formula is C9H18N2. The Morgan fingerprint density at radius 2 is 1.36 bits per heavy atom. The van der Waals surface area contributed by atoms with Gasteiger partial charge in [-0.25, -0.2) is 0 Å². The zero-order valence-corrected chi connectivity index (χ0v) is 7.00. The maximum absolute atomic E-state index is 5.73. The standard InChI is InChI=1S/C9H18N2/c10-4-8-6-1-2-7(3-6)9(8)5-11/h6-9H,1-5,10-11H2/t6-,7+,8-,9+. The number of hydrogen-bond acceptors (Lipinski definition) is 2. The monoisotopic (exact) mass is 154 g/mol. The van der Waals surface area contributed by atoms with Crippen LogP contribution in [-0.2, 0) is 0 Å². The molecule has 0 radical (unpaired) electrons. The topological polar surface area (TPSA) is 52.0 Å². The average molecular weight is 154 g/mol. The predicted molar refractivity (Wildman–Crippen MR) is 45.9 cm³/mol. The Balaban J connectivity index is 2.08. The highest BCUT2D eigenvalue weighted by Gasteiger charge is 2.45. The van der Waals surface area contributed by atoms with Gasteiger partial charge >= 0.3 is 0 Å². The van der Waals surface area contributed by atoms with Gasteiger partial charge in [-0.05, 0) is 56.0 Å². The molecule has 0 aromatic heterocycles. The lowest BCUT2D eigenvalue weighted by molar-refractivity contribution is 0.234. The SMILES string of the molecule is NC[C@@H]1[C@@H]2CC[C@@H](C2)[C@@H]1CN. The lowest BCUT2D eigenvalue weighted by Crippen LogP contribution is -2.33. The molecule has 0 spiro atoms. The van der Waals surface area contributed by atoms with Crippen LogP contribution in [-0.4, -0.2) is 13.1 Å². The minimum absolute atomic E-state index is 0.763. The van der Waals surface area contributed by atoms with Crippen LogP contribution < -0.4 is 11.5 Å². The van der Waals surface area contributed by atoms with E-state index >= 15 is 0 Å². The number of rotatable bonds is 2. The van der Waals surface area contributed by atoms with Crippen molar-refractivity contribution < 1.29 is 0 Å². The first-order valence-corrected chi connectivity index (χ1v) is 4.77. The molecule has 4 N–H and O–H groups in total. The molecular weight excluding hydrogens is 136 g/mol. The maximum Gasteiger partial charge on any atom is -0.00430 e. The van der Waals surface area contributed by atoms with E-state index in [0.717, 1.165) is 36.8 Å². The van der Waals surface area contributed by atoms with Crippen molar-refractivity contribution in [2.75, 3.05) is 13.1 Å². The zero-order valence-electron chi connectivity index (χ0n) is 7.00. The van der Waals surface area contributed by atoms with Gasteiger partial charge < -0.3 is 11.5 Å². The predicted octanol–water partition coefficient (Wildman–Crippen LogP) is 0.566. The van der Waals surface area contributed by atoms with E-state index < -0.39 is 0 Å². The highest BCUT2D eigenvalue weighted by atomic mass is 14.7. The molecule has 0 heterocycles. The van der Waals surface area contributed by atoms with E-state index in [9.17, 15) is 0 Å². The van der Waals surface area contributed by atoms with Crippen molar-refractivity contribution in [3.63, 3.8) is 0 Å². The van der Waals surface area contributed by atoms with Gasteiger partial charge in [0.05, 0.1) is 0 Å². The second-order valence-corrected chi connectivity index (χ2v) is 4.13. The van der Waals surface area contributed by atoms with Crippen LogP contribution in [0.5, 0.6) is 0 Å². The Kier molecular flexibility index (Phi) is 1.90. The summed E-state index contributed by atoms with van der Waals surface area (Å²) in [5.74, 6) is 3.38. The van der Waals surface area contributed by atoms with Crippen molar-refractivity contribution in [3.8, 4) is 0 Å². The van der Waals surface area contributed by atoms with Gasteiger partial charge in [-0.1, -0.05) is 0 Å². The molecule has 2 aliphatic rings. The summed E-state index contributed by atoms with van der Waals surface area (Å²) < 4.78 is 0. The van der Waals surface area contributed by atoms with E-state index in [0.29, 0.717) is 0 Å². The third-order valence-electron chi connectivity index (χ3n) is 3.82. The molecule has 2 heteroatoms. The molecule has 0 aromatic carbocycles. The second kappa shape index (κ2) is 2.76. The fourth-order valence-corrected chi connectivity index (χ4v) is 3.26. The van der Waals surface area contributed by atoms with Gasteiger partial charge in [0, 0.05) is 0 Å². The van der Waals surface area contributed by atoms with Crippen molar-refractivity contribution in [3.05, 3.63) is 0 Å². The molecule has 0 unspecified atom stereocenters. The van der Waals surface area contributed by atoms with Crippen molar-refractivity contribution in [1.82, 2.24) is 0 Å². The molecule has 2 fully saturated rings. The van der Waals surface area contributed by atoms with Crippen LogP contribution in [0.4, 0.5) is 0 Å². The molecule has 0 amide bonds. The Labute approximate surface area is 68.3 Å². The molecule has 2 nitrogen and oxygen atoms in total. The molecule has 2 saturated carbocycles. The summed E-state index contributed by atoms with van der Waals surface area (Å²) in [5, 5.41) is 0. The molecule has 64 valence electrons. The summed E-state index contributed by atoms with van der Waals surface area (Å²) in [5.41, 5.74) is 11.5. The molecule has 11 heavy (non-hydrogen) atoms. The van der Waals surface area contributed by atoms with Crippen molar-refractivity contribution in [2.45, 2.75) is 19.3 Å². The quantitative estimate of drug-likeness (QED) is 0.611. The van der Waals surface area contributed by atoms with Gasteiger partial charge in [-0.3, -0.25) is 0 Å². The van der Waals surface area contributed by atoms with Crippen molar-refractivity contribution >= 4 is 0 Å². The van der Waals surface area contributed by atoms with Crippen LogP contribution in [0.3, 0.4) is 0 Å². The minimum atomic E-state index is 0.763. The summed E-state index contributed by atoms with van der Waals surface area (Å²) in [7, 11) is 0. The number of nitrogens with two attached hydrogens (primary N) is 2. The summed E-state index contributed by atoms with van der Waals surface area (Å²) in [6, 6.07) is 0. The lowest BCUT2D eigenvalue weighted by Gasteiger charge is -2.28. The molecule has 2 rings (SSSR count). The molecule has 0 saturated heterocycles. The van der Waals surface area contributed by atoms with E-state index in [2.05, 4.69) is 0 Å². The first kappa shape index (κ1) is 7.56. The second-order valence-electron chi connectivity index (χ2n) is 4.13. The van der Waals surface area contributed by atoms with E-state index in [-0.39, 0.29) is 0 Å². The third kappa shape index (κ3) is 1.00. The molecule has 4 atom stereocenters. The van der Waals surface area contributed by atoms with Crippen LogP contribution in [0.15, 0.2) is 0 Å². The van der Waals surface area contributed by atoms with E-state index in [1.165, 1.54) is 19.3 Å². The lowest BCUT2D eigenvalue weighted by atomic mass is 9.79. The Bertz CT molecular complexity index is 130. The highest BCUT2D eigenvalue weighted by molar-refractivity contribution is 4.96. The Morgan fingerprint density at radius 1 is 0.909 bits per heavy atom. The largest absolute Gasteiger partial charge is 0.330 e. The highest BCUT2D eigenvalue weighted by Crippen LogP contribution is 2.51. The first-order chi connectivity index (χ1) is 5.36. The first-order valence-electron chi connectivity index (χ1n) is 4.77. The number of hydrogen-bond donors (Lipinski definition) is 2. The maximum atomic E-state index is 5.73. The van der Waals surface area contributed by atoms with Crippen molar-refractivity contribution in [1.29, 1.82) is 0 Å². The van der Waals surface area contributed by atoms with Gasteiger partial charge in [0.15, 0.2) is 0 Å². The molecule has 2 bridgehead atoms. The zero-order chi connectivity index (χ0) is 7.84. The summed E-state index contributed by atoms with van der Waals surface area (Å²) in [6.07, 6.45) is 4.26. The normalized spacial score (nSPS) is 48.5. The average Bonchev–Trinajstić information content (AvgIpc) is 2.60. The van der Waals surface area contributed by atoms with Gasteiger partial charge in [0.25, 0.3) is 0 Å². The van der Waals surface area contributed by atoms with Gasteiger partial charge in [-0.2, -0.15) is 0 Å². The van der Waals surface area contributed by atoms with Crippen LogP contribution in [0, 0.1) is 23.7 Å². The van der Waals surface area contributed by atoms with Crippen LogP contribution in [0.1, 0.15) is 19.3 Å². The third-order valence-corrected chi connectivity index (χ3v) is 3.82. The summed E-state index contributed by atoms with van der Waals surface area (Å²) in [6.45, 7) is 1.73. The molecule has 0 aliphatic heterocycles. The summed E-state index contributed by atoms with van der Waals surface area (Å²) in [4.78, 5) is 0. The Hall–Kier alpha value is -0.0800. The fraction of sp³-hybridized carbons (Fsp3) is 1.00. The smallest absolute Gasteiger partial charge is 0.00430 e. The van der Waals surface area contributed by atoms with Crippen LogP contribution in [0.2, 0.25) is 0 Å². The Morgan fingerprint density at radius 3 is 1.73 bits per heavy atom. The van der Waals surface area contributed by atoms with Gasteiger partial charge in [-0.15, -0.1) is 0 Å². The van der Waals surface area contributed by atoms with E-state index in [4.69, 9.17) is 11.5 Å². The molecule has 0 aromatic rings. The van der Waals surface area contributed by atoms with Crippen molar-refractivity contribution in [2.24, 2.45) is 35.1 Å².